The maximum Gasteiger partial charge on any atom is 0.237 e. The molecule has 0 radical (unpaired) electrons. The molecule has 1 aliphatic rings. The quantitative estimate of drug-likeness (QED) is 0.533. The van der Waals surface area contributed by atoms with E-state index >= 15 is 0 Å². The second kappa shape index (κ2) is 11.6. The first-order valence-corrected chi connectivity index (χ1v) is 11.5. The van der Waals surface area contributed by atoms with E-state index in [1.807, 2.05) is 15.2 Å². The van der Waals surface area contributed by atoms with E-state index in [4.69, 9.17) is 9.47 Å². The zero-order valence-corrected chi connectivity index (χ0v) is 18.9. The molecule has 0 saturated heterocycles. The molecule has 2 atom stereocenters. The fourth-order valence-corrected chi connectivity index (χ4v) is 4.83. The van der Waals surface area contributed by atoms with E-state index in [0.29, 0.717) is 38.6 Å². The number of rotatable bonds is 11. The van der Waals surface area contributed by atoms with E-state index in [-0.39, 0.29) is 24.3 Å². The highest BCUT2D eigenvalue weighted by atomic mass is 32.1. The Hall–Kier alpha value is -2.00. The zero-order valence-electron chi connectivity index (χ0n) is 18.1. The summed E-state index contributed by atoms with van der Waals surface area (Å²) in [5.74, 6) is 0.280. The molecule has 8 heteroatoms. The van der Waals surface area contributed by atoms with Crippen molar-refractivity contribution < 1.29 is 23.8 Å². The molecule has 1 amide bonds. The average Bonchev–Trinajstić information content (AvgIpc) is 3.22. The molecule has 6 nitrogen and oxygen atoms in total. The van der Waals surface area contributed by atoms with Crippen molar-refractivity contribution in [3.8, 4) is 5.75 Å². The second-order valence-electron chi connectivity index (χ2n) is 7.85. The topological polar surface area (TPSA) is 62.2 Å². The smallest absolute Gasteiger partial charge is 0.237 e. The van der Waals surface area contributed by atoms with Crippen LogP contribution < -0.4 is 4.74 Å². The van der Waals surface area contributed by atoms with Gasteiger partial charge in [-0.3, -0.25) is 9.69 Å². The molecule has 2 aromatic rings. The van der Waals surface area contributed by atoms with Crippen LogP contribution in [0.15, 0.2) is 35.7 Å². The predicted octanol–water partition coefficient (Wildman–Crippen LogP) is 3.11. The Kier molecular flexibility index (Phi) is 8.83. The Morgan fingerprint density at radius 2 is 2.13 bits per heavy atom. The molecular weight excluding hydrogens is 419 g/mol. The number of hydrogen-bond donors (Lipinski definition) is 1. The highest BCUT2D eigenvalue weighted by Crippen LogP contribution is 2.34. The fraction of sp³-hybridized carbons (Fsp3) is 0.522. The number of carbonyl (C=O) groups excluding carboxylic acids is 1. The van der Waals surface area contributed by atoms with Crippen molar-refractivity contribution in [2.75, 3.05) is 46.5 Å². The minimum absolute atomic E-state index is 0.0163. The predicted molar refractivity (Wildman–Crippen MR) is 119 cm³/mol. The number of halogens is 1. The highest BCUT2D eigenvalue weighted by Gasteiger charge is 2.32. The second-order valence-corrected chi connectivity index (χ2v) is 8.85. The van der Waals surface area contributed by atoms with Crippen LogP contribution in [0.1, 0.15) is 29.8 Å². The number of nitrogens with zero attached hydrogens (tertiary/aromatic N) is 2. The first-order chi connectivity index (χ1) is 15.0. The minimum Gasteiger partial charge on any atom is -0.491 e. The number of amides is 1. The van der Waals surface area contributed by atoms with Gasteiger partial charge in [-0.15, -0.1) is 11.3 Å². The zero-order chi connectivity index (χ0) is 22.2. The van der Waals surface area contributed by atoms with Gasteiger partial charge in [0.1, 0.15) is 18.2 Å². The van der Waals surface area contributed by atoms with Gasteiger partial charge < -0.3 is 19.5 Å². The number of fused-ring (bicyclic) bond motifs is 1. The van der Waals surface area contributed by atoms with Gasteiger partial charge in [0.2, 0.25) is 5.91 Å². The number of aliphatic hydroxyl groups is 1. The van der Waals surface area contributed by atoms with Crippen LogP contribution in [0, 0.1) is 5.82 Å². The number of ether oxygens (including phenoxy) is 2. The maximum absolute atomic E-state index is 13.3. The van der Waals surface area contributed by atoms with E-state index in [0.717, 1.165) is 18.4 Å². The summed E-state index contributed by atoms with van der Waals surface area (Å²) in [6, 6.07) is 7.79. The van der Waals surface area contributed by atoms with Gasteiger partial charge in [-0.05, 0) is 61.0 Å². The summed E-state index contributed by atoms with van der Waals surface area (Å²) >= 11 is 1.70. The summed E-state index contributed by atoms with van der Waals surface area (Å²) < 4.78 is 24.2. The molecule has 3 rings (SSSR count). The van der Waals surface area contributed by atoms with E-state index in [2.05, 4.69) is 6.07 Å². The van der Waals surface area contributed by atoms with Gasteiger partial charge in [-0.2, -0.15) is 0 Å². The van der Waals surface area contributed by atoms with Crippen molar-refractivity contribution in [3.05, 3.63) is 52.0 Å². The lowest BCUT2D eigenvalue weighted by molar-refractivity contribution is -0.136. The standard InChI is InChI=1S/C23H31FN2O4S/c1-17(27)14-25(10-3-12-29-2)15-23(28)26-11-8-22-20(9-13-31-22)21(26)16-30-19-6-4-18(24)5-7-19/h4-7,9,13,17,21,27H,3,8,10-12,14-16H2,1-2H3/t17-,21+/m0/s1. The molecule has 0 fully saturated rings. The van der Waals surface area contributed by atoms with E-state index in [1.165, 1.54) is 17.0 Å². The van der Waals surface area contributed by atoms with Crippen LogP contribution in [-0.2, 0) is 16.0 Å². The van der Waals surface area contributed by atoms with Gasteiger partial charge in [-0.25, -0.2) is 4.39 Å². The van der Waals surface area contributed by atoms with Crippen molar-refractivity contribution in [1.29, 1.82) is 0 Å². The van der Waals surface area contributed by atoms with Crippen LogP contribution in [-0.4, -0.2) is 73.4 Å². The first kappa shape index (κ1) is 23.7. The molecule has 2 heterocycles. The lowest BCUT2D eigenvalue weighted by Crippen LogP contribution is -2.47. The third-order valence-electron chi connectivity index (χ3n) is 5.34. The molecule has 31 heavy (non-hydrogen) atoms. The molecule has 0 spiro atoms. The van der Waals surface area contributed by atoms with Crippen LogP contribution in [0.4, 0.5) is 4.39 Å². The van der Waals surface area contributed by atoms with E-state index in [1.54, 1.807) is 37.5 Å². The average molecular weight is 451 g/mol. The van der Waals surface area contributed by atoms with Gasteiger partial charge in [0.15, 0.2) is 0 Å². The molecule has 1 aliphatic heterocycles. The molecule has 0 unspecified atom stereocenters. The molecule has 0 aliphatic carbocycles. The molecule has 0 saturated carbocycles. The van der Waals surface area contributed by atoms with Gasteiger partial charge in [-0.1, -0.05) is 0 Å². The Morgan fingerprint density at radius 1 is 1.35 bits per heavy atom. The van der Waals surface area contributed by atoms with Crippen LogP contribution in [0.2, 0.25) is 0 Å². The van der Waals surface area contributed by atoms with Crippen LogP contribution in [0.3, 0.4) is 0 Å². The molecule has 0 bridgehead atoms. The fourth-order valence-electron chi connectivity index (χ4n) is 3.90. The lowest BCUT2D eigenvalue weighted by Gasteiger charge is -2.37. The van der Waals surface area contributed by atoms with Crippen LogP contribution >= 0.6 is 11.3 Å². The van der Waals surface area contributed by atoms with Crippen LogP contribution in [0.25, 0.3) is 0 Å². The van der Waals surface area contributed by atoms with Crippen molar-refractivity contribution in [2.45, 2.75) is 31.9 Å². The number of thiophene rings is 1. The number of benzene rings is 1. The Labute approximate surface area is 187 Å². The molecular formula is C23H31FN2O4S. The molecule has 170 valence electrons. The van der Waals surface area contributed by atoms with Crippen molar-refractivity contribution in [2.24, 2.45) is 0 Å². The number of methoxy groups -OCH3 is 1. The highest BCUT2D eigenvalue weighted by molar-refractivity contribution is 7.10. The summed E-state index contributed by atoms with van der Waals surface area (Å²) in [4.78, 5) is 18.4. The largest absolute Gasteiger partial charge is 0.491 e. The summed E-state index contributed by atoms with van der Waals surface area (Å²) in [5.41, 5.74) is 1.12. The van der Waals surface area contributed by atoms with E-state index in [9.17, 15) is 14.3 Å². The summed E-state index contributed by atoms with van der Waals surface area (Å²) in [6.07, 6.45) is 1.10. The minimum atomic E-state index is -0.516. The Balaban J connectivity index is 1.70. The molecule has 1 N–H and O–H groups in total. The third kappa shape index (κ3) is 6.74. The Morgan fingerprint density at radius 3 is 2.84 bits per heavy atom. The Bertz CT molecular complexity index is 827. The van der Waals surface area contributed by atoms with Crippen molar-refractivity contribution in [1.82, 2.24) is 9.80 Å². The number of hydrogen-bond acceptors (Lipinski definition) is 6. The molecule has 1 aromatic carbocycles. The summed E-state index contributed by atoms with van der Waals surface area (Å²) in [7, 11) is 1.65. The number of carbonyl (C=O) groups is 1. The SMILES string of the molecule is COCCCN(CC(=O)N1CCc2sccc2[C@H]1COc1ccc(F)cc1)C[C@H](C)O. The summed E-state index contributed by atoms with van der Waals surface area (Å²) in [5, 5.41) is 11.9. The third-order valence-corrected chi connectivity index (χ3v) is 6.34. The van der Waals surface area contributed by atoms with Crippen molar-refractivity contribution >= 4 is 17.2 Å². The van der Waals surface area contributed by atoms with Crippen molar-refractivity contribution in [3.63, 3.8) is 0 Å². The normalized spacial score (nSPS) is 16.9. The van der Waals surface area contributed by atoms with Crippen LogP contribution in [0.5, 0.6) is 5.75 Å². The lowest BCUT2D eigenvalue weighted by atomic mass is 10.0. The summed E-state index contributed by atoms with van der Waals surface area (Å²) in [6.45, 7) is 4.63. The number of aliphatic hydroxyl groups excluding tert-OH is 1. The van der Waals surface area contributed by atoms with Gasteiger partial charge in [0.05, 0.1) is 18.7 Å². The van der Waals surface area contributed by atoms with Gasteiger partial charge >= 0.3 is 0 Å². The molecule has 1 aromatic heterocycles. The first-order valence-electron chi connectivity index (χ1n) is 10.6. The maximum atomic E-state index is 13.3. The van der Waals surface area contributed by atoms with Gasteiger partial charge in [0, 0.05) is 38.2 Å². The monoisotopic (exact) mass is 450 g/mol. The van der Waals surface area contributed by atoms with Gasteiger partial charge in [0.25, 0.3) is 0 Å². The van der Waals surface area contributed by atoms with E-state index < -0.39 is 6.10 Å².